The SMILES string of the molecule is CCOC(=O)c1cc(S(=O)(=O)NC2CCc3c([nH]c4ccccc34)C2)[nH]c1C. The number of fused-ring (bicyclic) bond motifs is 3. The molecule has 4 rings (SSSR count). The first kappa shape index (κ1) is 18.8. The van der Waals surface area contributed by atoms with Gasteiger partial charge in [0.2, 0.25) is 0 Å². The Bertz CT molecular complexity index is 1140. The minimum atomic E-state index is -3.77. The van der Waals surface area contributed by atoms with Crippen LogP contribution in [0.1, 0.15) is 40.7 Å². The maximum Gasteiger partial charge on any atom is 0.339 e. The maximum atomic E-state index is 12.8. The molecule has 0 spiro atoms. The summed E-state index contributed by atoms with van der Waals surface area (Å²) in [6, 6.07) is 9.26. The monoisotopic (exact) mass is 401 g/mol. The van der Waals surface area contributed by atoms with E-state index in [0.717, 1.165) is 24.1 Å². The van der Waals surface area contributed by atoms with Crippen molar-refractivity contribution in [1.29, 1.82) is 0 Å². The predicted octanol–water partition coefficient (Wildman–Crippen LogP) is 2.82. The number of sulfonamides is 1. The highest BCUT2D eigenvalue weighted by Crippen LogP contribution is 2.29. The van der Waals surface area contributed by atoms with Gasteiger partial charge in [-0.2, -0.15) is 0 Å². The molecular formula is C20H23N3O4S. The van der Waals surface area contributed by atoms with Crippen molar-refractivity contribution >= 4 is 26.9 Å². The lowest BCUT2D eigenvalue weighted by molar-refractivity contribution is 0.0525. The molecule has 0 aliphatic heterocycles. The van der Waals surface area contributed by atoms with Crippen LogP contribution >= 0.6 is 0 Å². The number of H-pyrrole nitrogens is 2. The molecule has 0 amide bonds. The maximum absolute atomic E-state index is 12.8. The van der Waals surface area contributed by atoms with E-state index in [9.17, 15) is 13.2 Å². The quantitative estimate of drug-likeness (QED) is 0.572. The number of para-hydroxylation sites is 1. The normalized spacial score (nSPS) is 16.9. The Morgan fingerprint density at radius 1 is 1.29 bits per heavy atom. The standard InChI is InChI=1S/C20H23N3O4S/c1-3-27-20(24)16-11-19(21-12(16)2)28(25,26)23-13-8-9-15-14-6-4-5-7-17(14)22-18(15)10-13/h4-7,11,13,21-23H,3,8-10H2,1-2H3. The lowest BCUT2D eigenvalue weighted by Crippen LogP contribution is -2.38. The van der Waals surface area contributed by atoms with Gasteiger partial charge < -0.3 is 14.7 Å². The molecule has 1 aliphatic carbocycles. The number of carbonyl (C=O) groups is 1. The largest absolute Gasteiger partial charge is 0.462 e. The van der Waals surface area contributed by atoms with E-state index in [1.807, 2.05) is 18.2 Å². The van der Waals surface area contributed by atoms with Gasteiger partial charge in [-0.3, -0.25) is 0 Å². The van der Waals surface area contributed by atoms with E-state index in [2.05, 4.69) is 20.8 Å². The molecule has 0 saturated heterocycles. The van der Waals surface area contributed by atoms with Crippen molar-refractivity contribution in [1.82, 2.24) is 14.7 Å². The van der Waals surface area contributed by atoms with Crippen LogP contribution in [0.15, 0.2) is 35.4 Å². The topological polar surface area (TPSA) is 104 Å². The van der Waals surface area contributed by atoms with Crippen LogP contribution in [0.2, 0.25) is 0 Å². The van der Waals surface area contributed by atoms with Gasteiger partial charge in [-0.25, -0.2) is 17.9 Å². The minimum absolute atomic E-state index is 0.0181. The van der Waals surface area contributed by atoms with Gasteiger partial charge in [0.25, 0.3) is 10.0 Å². The number of ether oxygens (including phenoxy) is 1. The predicted molar refractivity (Wildman–Crippen MR) is 106 cm³/mol. The molecule has 28 heavy (non-hydrogen) atoms. The Balaban J connectivity index is 1.54. The molecule has 7 nitrogen and oxygen atoms in total. The Morgan fingerprint density at radius 2 is 2.07 bits per heavy atom. The molecule has 2 aromatic heterocycles. The molecule has 1 aliphatic rings. The highest BCUT2D eigenvalue weighted by molar-refractivity contribution is 7.89. The Kier molecular flexibility index (Phi) is 4.76. The van der Waals surface area contributed by atoms with E-state index in [4.69, 9.17) is 4.74 Å². The fourth-order valence-corrected chi connectivity index (χ4v) is 5.19. The van der Waals surface area contributed by atoms with Gasteiger partial charge in [0.1, 0.15) is 5.03 Å². The minimum Gasteiger partial charge on any atom is -0.462 e. The fraction of sp³-hybridized carbons (Fsp3) is 0.350. The number of nitrogens with one attached hydrogen (secondary N) is 3. The molecule has 2 heterocycles. The highest BCUT2D eigenvalue weighted by Gasteiger charge is 2.28. The van der Waals surface area contributed by atoms with Gasteiger partial charge in [0.15, 0.2) is 0 Å². The summed E-state index contributed by atoms with van der Waals surface area (Å²) < 4.78 is 33.4. The number of aryl methyl sites for hydroxylation is 2. The average molecular weight is 401 g/mol. The van der Waals surface area contributed by atoms with Crippen molar-refractivity contribution in [2.75, 3.05) is 6.61 Å². The van der Waals surface area contributed by atoms with Gasteiger partial charge in [-0.15, -0.1) is 0 Å². The van der Waals surface area contributed by atoms with Crippen LogP contribution in [0.3, 0.4) is 0 Å². The van der Waals surface area contributed by atoms with E-state index >= 15 is 0 Å². The van der Waals surface area contributed by atoms with Gasteiger partial charge in [0.05, 0.1) is 12.2 Å². The molecule has 8 heteroatoms. The Labute approximate surface area is 163 Å². The Hall–Kier alpha value is -2.58. The van der Waals surface area contributed by atoms with Crippen molar-refractivity contribution in [2.24, 2.45) is 0 Å². The summed E-state index contributed by atoms with van der Waals surface area (Å²) >= 11 is 0. The summed E-state index contributed by atoms with van der Waals surface area (Å²) in [7, 11) is -3.77. The van der Waals surface area contributed by atoms with E-state index in [1.165, 1.54) is 17.0 Å². The van der Waals surface area contributed by atoms with E-state index in [-0.39, 0.29) is 23.2 Å². The van der Waals surface area contributed by atoms with Crippen LogP contribution in [0.4, 0.5) is 0 Å². The van der Waals surface area contributed by atoms with Crippen LogP contribution in [0.5, 0.6) is 0 Å². The van der Waals surface area contributed by atoms with Crippen LogP contribution in [-0.4, -0.2) is 37.0 Å². The second kappa shape index (κ2) is 7.10. The van der Waals surface area contributed by atoms with Gasteiger partial charge in [-0.1, -0.05) is 18.2 Å². The second-order valence-corrected chi connectivity index (χ2v) is 8.76. The zero-order chi connectivity index (χ0) is 19.9. The summed E-state index contributed by atoms with van der Waals surface area (Å²) in [4.78, 5) is 18.2. The number of aromatic nitrogens is 2. The van der Waals surface area contributed by atoms with Crippen LogP contribution in [0.25, 0.3) is 10.9 Å². The summed E-state index contributed by atoms with van der Waals surface area (Å²) in [5.41, 5.74) is 4.14. The molecule has 1 aromatic carbocycles. The first-order valence-corrected chi connectivity index (χ1v) is 10.8. The number of hydrogen-bond donors (Lipinski definition) is 3. The molecule has 1 unspecified atom stereocenters. The number of hydrogen-bond acceptors (Lipinski definition) is 4. The number of aromatic amines is 2. The lowest BCUT2D eigenvalue weighted by Gasteiger charge is -2.23. The van der Waals surface area contributed by atoms with Crippen LogP contribution in [0, 0.1) is 6.92 Å². The number of esters is 1. The molecule has 1 atom stereocenters. The van der Waals surface area contributed by atoms with Crippen LogP contribution in [-0.2, 0) is 27.6 Å². The van der Waals surface area contributed by atoms with E-state index < -0.39 is 16.0 Å². The van der Waals surface area contributed by atoms with Crippen LogP contribution < -0.4 is 4.72 Å². The highest BCUT2D eigenvalue weighted by atomic mass is 32.2. The molecule has 0 saturated carbocycles. The van der Waals surface area contributed by atoms with E-state index in [0.29, 0.717) is 12.1 Å². The lowest BCUT2D eigenvalue weighted by atomic mass is 9.92. The number of carbonyl (C=O) groups excluding carboxylic acids is 1. The molecule has 3 N–H and O–H groups in total. The van der Waals surface area contributed by atoms with Crippen molar-refractivity contribution < 1.29 is 17.9 Å². The van der Waals surface area contributed by atoms with Crippen molar-refractivity contribution in [3.05, 3.63) is 52.8 Å². The average Bonchev–Trinajstić information content (AvgIpc) is 3.22. The first-order valence-electron chi connectivity index (χ1n) is 9.36. The fourth-order valence-electron chi connectivity index (χ4n) is 3.86. The molecule has 0 radical (unpaired) electrons. The second-order valence-electron chi connectivity index (χ2n) is 7.08. The molecule has 0 fully saturated rings. The third-order valence-corrected chi connectivity index (χ3v) is 6.63. The zero-order valence-electron chi connectivity index (χ0n) is 15.8. The molecule has 0 bridgehead atoms. The number of rotatable bonds is 5. The van der Waals surface area contributed by atoms with Crippen molar-refractivity contribution in [2.45, 2.75) is 44.2 Å². The third kappa shape index (κ3) is 3.33. The summed E-state index contributed by atoms with van der Waals surface area (Å²) in [6.45, 7) is 3.60. The summed E-state index contributed by atoms with van der Waals surface area (Å²) in [5, 5.41) is 1.19. The van der Waals surface area contributed by atoms with Gasteiger partial charge in [0, 0.05) is 34.8 Å². The van der Waals surface area contributed by atoms with E-state index in [1.54, 1.807) is 13.8 Å². The Morgan fingerprint density at radius 3 is 2.86 bits per heavy atom. The number of benzene rings is 1. The molecule has 148 valence electrons. The van der Waals surface area contributed by atoms with Crippen molar-refractivity contribution in [3.63, 3.8) is 0 Å². The van der Waals surface area contributed by atoms with Gasteiger partial charge in [-0.05, 0) is 44.4 Å². The van der Waals surface area contributed by atoms with Gasteiger partial charge >= 0.3 is 5.97 Å². The molecule has 3 aromatic rings. The third-order valence-electron chi connectivity index (χ3n) is 5.19. The zero-order valence-corrected chi connectivity index (χ0v) is 16.7. The summed E-state index contributed by atoms with van der Waals surface area (Å²) in [5.74, 6) is -0.530. The first-order chi connectivity index (χ1) is 13.4. The smallest absolute Gasteiger partial charge is 0.339 e. The molecular weight excluding hydrogens is 378 g/mol. The van der Waals surface area contributed by atoms with Crippen molar-refractivity contribution in [3.8, 4) is 0 Å². The summed E-state index contributed by atoms with van der Waals surface area (Å²) in [6.07, 6.45) is 2.14.